The zero-order chi connectivity index (χ0) is 8.55. The van der Waals surface area contributed by atoms with Crippen LogP contribution in [-0.2, 0) is 6.42 Å². The van der Waals surface area contributed by atoms with Crippen molar-refractivity contribution in [3.05, 3.63) is 33.6 Å². The van der Waals surface area contributed by atoms with Gasteiger partial charge in [0, 0.05) is 11.1 Å². The molecule has 0 aliphatic carbocycles. The molecule has 0 fully saturated rings. The fourth-order valence-corrected chi connectivity index (χ4v) is 2.20. The van der Waals surface area contributed by atoms with E-state index in [2.05, 4.69) is 18.0 Å². The summed E-state index contributed by atoms with van der Waals surface area (Å²) in [4.78, 5) is 15.2. The summed E-state index contributed by atoms with van der Waals surface area (Å²) in [5.41, 5.74) is 0.0252. The van der Waals surface area contributed by atoms with Crippen LogP contribution >= 0.6 is 11.3 Å². The van der Waals surface area contributed by atoms with Gasteiger partial charge in [0.25, 0.3) is 5.56 Å². The highest BCUT2D eigenvalue weighted by molar-refractivity contribution is 7.19. The molecule has 1 N–H and O–H groups in total. The highest BCUT2D eigenvalue weighted by atomic mass is 32.1. The third-order valence-electron chi connectivity index (χ3n) is 1.84. The molecule has 2 heterocycles. The van der Waals surface area contributed by atoms with E-state index in [0.717, 1.165) is 16.5 Å². The average molecular weight is 179 g/mol. The van der Waals surface area contributed by atoms with Crippen LogP contribution in [0.5, 0.6) is 0 Å². The predicted octanol–water partition coefficient (Wildman–Crippen LogP) is 2.15. The number of hydrogen-bond acceptors (Lipinski definition) is 2. The van der Waals surface area contributed by atoms with Crippen LogP contribution in [0.25, 0.3) is 10.1 Å². The first kappa shape index (κ1) is 7.55. The molecule has 0 atom stereocenters. The molecule has 0 bridgehead atoms. The first-order valence-corrected chi connectivity index (χ1v) is 4.73. The summed E-state index contributed by atoms with van der Waals surface area (Å²) in [6.07, 6.45) is 2.69. The second kappa shape index (κ2) is 2.75. The lowest BCUT2D eigenvalue weighted by molar-refractivity contribution is 1.19. The van der Waals surface area contributed by atoms with Crippen LogP contribution in [0.3, 0.4) is 0 Å². The van der Waals surface area contributed by atoms with Crippen molar-refractivity contribution in [1.29, 1.82) is 0 Å². The van der Waals surface area contributed by atoms with Gasteiger partial charge in [0.2, 0.25) is 0 Å². The SMILES string of the molecule is CCc1cc2cc[nH]c(=O)c2s1. The zero-order valence-electron chi connectivity index (χ0n) is 6.76. The maximum absolute atomic E-state index is 11.3. The molecule has 2 aromatic heterocycles. The van der Waals surface area contributed by atoms with Gasteiger partial charge in [-0.2, -0.15) is 0 Å². The molecular formula is C9H9NOS. The van der Waals surface area contributed by atoms with Crippen molar-refractivity contribution >= 4 is 21.4 Å². The maximum atomic E-state index is 11.3. The molecule has 2 aromatic rings. The van der Waals surface area contributed by atoms with Gasteiger partial charge in [-0.25, -0.2) is 0 Å². The molecule has 62 valence electrons. The number of aromatic amines is 1. The summed E-state index contributed by atoms with van der Waals surface area (Å²) in [5.74, 6) is 0. The van der Waals surface area contributed by atoms with E-state index >= 15 is 0 Å². The van der Waals surface area contributed by atoms with Gasteiger partial charge in [0.05, 0.1) is 4.70 Å². The van der Waals surface area contributed by atoms with E-state index in [4.69, 9.17) is 0 Å². The topological polar surface area (TPSA) is 32.9 Å². The summed E-state index contributed by atoms with van der Waals surface area (Å²) in [6.45, 7) is 2.10. The van der Waals surface area contributed by atoms with Crippen molar-refractivity contribution in [3.8, 4) is 0 Å². The Bertz CT molecular complexity index is 455. The van der Waals surface area contributed by atoms with Gasteiger partial charge >= 0.3 is 0 Å². The molecule has 2 nitrogen and oxygen atoms in total. The lowest BCUT2D eigenvalue weighted by Gasteiger charge is -1.83. The molecule has 3 heteroatoms. The van der Waals surface area contributed by atoms with Crippen LogP contribution in [0.15, 0.2) is 23.1 Å². The van der Waals surface area contributed by atoms with E-state index in [-0.39, 0.29) is 5.56 Å². The number of pyridine rings is 1. The quantitative estimate of drug-likeness (QED) is 0.714. The molecule has 0 aliphatic rings. The number of hydrogen-bond donors (Lipinski definition) is 1. The van der Waals surface area contributed by atoms with Crippen LogP contribution in [0.1, 0.15) is 11.8 Å². The Kier molecular flexibility index (Phi) is 1.73. The lowest BCUT2D eigenvalue weighted by atomic mass is 10.3. The van der Waals surface area contributed by atoms with Crippen LogP contribution in [0.4, 0.5) is 0 Å². The van der Waals surface area contributed by atoms with E-state index in [1.807, 2.05) is 6.07 Å². The third-order valence-corrected chi connectivity index (χ3v) is 3.14. The third kappa shape index (κ3) is 1.06. The van der Waals surface area contributed by atoms with Gasteiger partial charge in [-0.3, -0.25) is 4.79 Å². The van der Waals surface area contributed by atoms with E-state index in [0.29, 0.717) is 0 Å². The molecule has 2 rings (SSSR count). The zero-order valence-corrected chi connectivity index (χ0v) is 7.57. The number of thiophene rings is 1. The minimum absolute atomic E-state index is 0.0252. The molecule has 0 spiro atoms. The Hall–Kier alpha value is -1.09. The smallest absolute Gasteiger partial charge is 0.265 e. The van der Waals surface area contributed by atoms with Crippen molar-refractivity contribution in [2.45, 2.75) is 13.3 Å². The van der Waals surface area contributed by atoms with Gasteiger partial charge in [-0.1, -0.05) is 6.92 Å². The van der Waals surface area contributed by atoms with Crippen molar-refractivity contribution in [2.24, 2.45) is 0 Å². The van der Waals surface area contributed by atoms with Gasteiger partial charge in [0.1, 0.15) is 0 Å². The molecule has 0 radical (unpaired) electrons. The second-order valence-corrected chi connectivity index (χ2v) is 3.79. The minimum atomic E-state index is 0.0252. The molecule has 0 saturated carbocycles. The molecule has 0 amide bonds. The average Bonchev–Trinajstić information content (AvgIpc) is 2.49. The summed E-state index contributed by atoms with van der Waals surface area (Å²) < 4.78 is 0.842. The van der Waals surface area contributed by atoms with Gasteiger partial charge < -0.3 is 4.98 Å². The fourth-order valence-electron chi connectivity index (χ4n) is 1.21. The number of fused-ring (bicyclic) bond motifs is 1. The van der Waals surface area contributed by atoms with Crippen molar-refractivity contribution < 1.29 is 0 Å². The first-order valence-electron chi connectivity index (χ1n) is 3.91. The highest BCUT2D eigenvalue weighted by Crippen LogP contribution is 2.21. The molecular weight excluding hydrogens is 170 g/mol. The summed E-state index contributed by atoms with van der Waals surface area (Å²) >= 11 is 1.58. The van der Waals surface area contributed by atoms with E-state index in [1.54, 1.807) is 17.5 Å². The Morgan fingerprint density at radius 3 is 3.08 bits per heavy atom. The van der Waals surface area contributed by atoms with Crippen molar-refractivity contribution in [1.82, 2.24) is 4.98 Å². The van der Waals surface area contributed by atoms with E-state index < -0.39 is 0 Å². The lowest BCUT2D eigenvalue weighted by Crippen LogP contribution is -2.01. The van der Waals surface area contributed by atoms with Gasteiger partial charge in [0.15, 0.2) is 0 Å². The Morgan fingerprint density at radius 1 is 1.58 bits per heavy atom. The molecule has 0 unspecified atom stereocenters. The van der Waals surface area contributed by atoms with Crippen LogP contribution in [0, 0.1) is 0 Å². The van der Waals surface area contributed by atoms with E-state index in [9.17, 15) is 4.79 Å². The summed E-state index contributed by atoms with van der Waals surface area (Å²) in [6, 6.07) is 4.02. The van der Waals surface area contributed by atoms with Gasteiger partial charge in [-0.15, -0.1) is 11.3 Å². The largest absolute Gasteiger partial charge is 0.328 e. The second-order valence-electron chi connectivity index (χ2n) is 2.66. The number of rotatable bonds is 1. The standard InChI is InChI=1S/C9H9NOS/c1-2-7-5-6-3-4-10-9(11)8(6)12-7/h3-5H,2H2,1H3,(H,10,11). The van der Waals surface area contributed by atoms with Crippen LogP contribution in [0.2, 0.25) is 0 Å². The number of nitrogens with one attached hydrogen (secondary N) is 1. The van der Waals surface area contributed by atoms with Crippen molar-refractivity contribution in [2.75, 3.05) is 0 Å². The molecule has 0 aromatic carbocycles. The minimum Gasteiger partial charge on any atom is -0.328 e. The Labute approximate surface area is 73.9 Å². The predicted molar refractivity (Wildman–Crippen MR) is 51.8 cm³/mol. The first-order chi connectivity index (χ1) is 5.81. The summed E-state index contributed by atoms with van der Waals surface area (Å²) in [7, 11) is 0. The van der Waals surface area contributed by atoms with E-state index in [1.165, 1.54) is 4.88 Å². The molecule has 0 saturated heterocycles. The molecule has 12 heavy (non-hydrogen) atoms. The normalized spacial score (nSPS) is 10.8. The Morgan fingerprint density at radius 2 is 2.42 bits per heavy atom. The number of H-pyrrole nitrogens is 1. The Balaban J connectivity index is 2.83. The van der Waals surface area contributed by atoms with Crippen LogP contribution < -0.4 is 5.56 Å². The molecule has 0 aliphatic heterocycles. The highest BCUT2D eigenvalue weighted by Gasteiger charge is 2.01. The number of aromatic nitrogens is 1. The maximum Gasteiger partial charge on any atom is 0.265 e. The van der Waals surface area contributed by atoms with Gasteiger partial charge in [-0.05, 0) is 23.9 Å². The fraction of sp³-hybridized carbons (Fsp3) is 0.222. The monoisotopic (exact) mass is 179 g/mol. The summed E-state index contributed by atoms with van der Waals surface area (Å²) in [5, 5.41) is 1.06. The number of aryl methyl sites for hydroxylation is 1. The van der Waals surface area contributed by atoms with Crippen molar-refractivity contribution in [3.63, 3.8) is 0 Å². The van der Waals surface area contributed by atoms with Crippen LogP contribution in [-0.4, -0.2) is 4.98 Å².